The van der Waals surface area contributed by atoms with Crippen molar-refractivity contribution in [3.63, 3.8) is 0 Å². The zero-order chi connectivity index (χ0) is 10.7. The summed E-state index contributed by atoms with van der Waals surface area (Å²) in [6, 6.07) is 11.7. The molecule has 0 aliphatic carbocycles. The van der Waals surface area contributed by atoms with E-state index in [1.165, 1.54) is 0 Å². The van der Waals surface area contributed by atoms with E-state index in [9.17, 15) is 0 Å². The predicted molar refractivity (Wildman–Crippen MR) is 62.9 cm³/mol. The molecule has 15 heavy (non-hydrogen) atoms. The Morgan fingerprint density at radius 1 is 1.07 bits per heavy atom. The second-order valence-corrected chi connectivity index (χ2v) is 3.82. The van der Waals surface area contributed by atoms with Gasteiger partial charge in [-0.1, -0.05) is 23.7 Å². The first kappa shape index (κ1) is 10.2. The molecule has 0 N–H and O–H groups in total. The summed E-state index contributed by atoms with van der Waals surface area (Å²) < 4.78 is 0. The minimum Gasteiger partial charge on any atom is -0.265 e. The van der Waals surface area contributed by atoms with Crippen molar-refractivity contribution in [3.8, 4) is 0 Å². The molecule has 0 amide bonds. The van der Waals surface area contributed by atoms with Gasteiger partial charge in [0.2, 0.25) is 0 Å². The quantitative estimate of drug-likeness (QED) is 0.746. The van der Waals surface area contributed by atoms with Crippen LogP contribution in [0, 0.1) is 6.92 Å². The molecule has 1 heterocycles. The maximum atomic E-state index is 5.94. The van der Waals surface area contributed by atoms with Crippen molar-refractivity contribution in [2.24, 2.45) is 0 Å². The molecule has 0 bridgehead atoms. The fourth-order valence-electron chi connectivity index (χ4n) is 1.51. The first-order chi connectivity index (χ1) is 7.27. The topological polar surface area (TPSA) is 12.9 Å². The lowest BCUT2D eigenvalue weighted by atomic mass is 9.94. The minimum atomic E-state index is 0.103. The number of nitrogens with zero attached hydrogens (tertiary/aromatic N) is 1. The van der Waals surface area contributed by atoms with Gasteiger partial charge in [0.1, 0.15) is 0 Å². The van der Waals surface area contributed by atoms with Crippen molar-refractivity contribution < 1.29 is 0 Å². The van der Waals surface area contributed by atoms with E-state index in [2.05, 4.69) is 11.9 Å². The van der Waals surface area contributed by atoms with Gasteiger partial charge >= 0.3 is 0 Å². The zero-order valence-corrected chi connectivity index (χ0v) is 8.98. The van der Waals surface area contributed by atoms with Gasteiger partial charge in [0, 0.05) is 23.3 Å². The van der Waals surface area contributed by atoms with Gasteiger partial charge in [-0.05, 0) is 42.3 Å². The van der Waals surface area contributed by atoms with E-state index in [-0.39, 0.29) is 5.92 Å². The van der Waals surface area contributed by atoms with Crippen LogP contribution in [0.25, 0.3) is 0 Å². The summed E-state index contributed by atoms with van der Waals surface area (Å²) in [5.41, 5.74) is 2.26. The lowest BCUT2D eigenvalue weighted by Gasteiger charge is -2.11. The molecule has 0 saturated carbocycles. The Hall–Kier alpha value is -1.34. The Balaban J connectivity index is 2.32. The number of halogens is 1. The molecule has 0 spiro atoms. The normalized spacial score (nSPS) is 12.4. The SMILES string of the molecule is [CH2]C(c1ccncc1)c1cccc(Cl)c1. The third kappa shape index (κ3) is 2.37. The van der Waals surface area contributed by atoms with Crippen LogP contribution in [0.3, 0.4) is 0 Å². The molecular weight excluding hydrogens is 206 g/mol. The Labute approximate surface area is 94.7 Å². The summed E-state index contributed by atoms with van der Waals surface area (Å²) in [6.07, 6.45) is 3.55. The van der Waals surface area contributed by atoms with Crippen LogP contribution in [0.1, 0.15) is 17.0 Å². The zero-order valence-electron chi connectivity index (χ0n) is 8.23. The number of aromatic nitrogens is 1. The van der Waals surface area contributed by atoms with Crippen molar-refractivity contribution in [1.29, 1.82) is 0 Å². The van der Waals surface area contributed by atoms with Crippen molar-refractivity contribution in [2.45, 2.75) is 5.92 Å². The summed E-state index contributed by atoms with van der Waals surface area (Å²) in [7, 11) is 0. The number of hydrogen-bond donors (Lipinski definition) is 0. The summed E-state index contributed by atoms with van der Waals surface area (Å²) in [4.78, 5) is 3.99. The average Bonchev–Trinajstić information content (AvgIpc) is 2.29. The van der Waals surface area contributed by atoms with Crippen molar-refractivity contribution in [2.75, 3.05) is 0 Å². The fraction of sp³-hybridized carbons (Fsp3) is 0.0769. The van der Waals surface area contributed by atoms with E-state index in [1.807, 2.05) is 36.4 Å². The molecule has 1 aromatic carbocycles. The van der Waals surface area contributed by atoms with Crippen LogP contribution < -0.4 is 0 Å². The van der Waals surface area contributed by atoms with Crippen LogP contribution in [0.2, 0.25) is 5.02 Å². The van der Waals surface area contributed by atoms with Crippen molar-refractivity contribution in [3.05, 3.63) is 71.9 Å². The fourth-order valence-corrected chi connectivity index (χ4v) is 1.71. The molecule has 2 rings (SSSR count). The van der Waals surface area contributed by atoms with E-state index in [0.29, 0.717) is 0 Å². The third-order valence-electron chi connectivity index (χ3n) is 2.36. The Morgan fingerprint density at radius 2 is 1.80 bits per heavy atom. The maximum absolute atomic E-state index is 5.94. The van der Waals surface area contributed by atoms with Gasteiger partial charge in [0.15, 0.2) is 0 Å². The van der Waals surface area contributed by atoms with E-state index >= 15 is 0 Å². The van der Waals surface area contributed by atoms with Crippen molar-refractivity contribution in [1.82, 2.24) is 4.98 Å². The smallest absolute Gasteiger partial charge is 0.0408 e. The maximum Gasteiger partial charge on any atom is 0.0408 e. The molecule has 0 aliphatic heterocycles. The number of rotatable bonds is 2. The molecule has 1 atom stereocenters. The molecule has 2 aromatic rings. The first-order valence-corrected chi connectivity index (χ1v) is 5.13. The molecule has 1 nitrogen and oxygen atoms in total. The molecule has 75 valence electrons. The highest BCUT2D eigenvalue weighted by Crippen LogP contribution is 2.24. The van der Waals surface area contributed by atoms with Crippen LogP contribution in [0.4, 0.5) is 0 Å². The standard InChI is InChI=1S/C13H11ClN/c1-10(11-5-7-15-8-6-11)12-3-2-4-13(14)9-12/h2-10H,1H2. The molecular formula is C13H11ClN. The van der Waals surface area contributed by atoms with E-state index in [0.717, 1.165) is 16.1 Å². The second-order valence-electron chi connectivity index (χ2n) is 3.39. The lowest BCUT2D eigenvalue weighted by Crippen LogP contribution is -1.95. The molecule has 0 saturated heterocycles. The molecule has 1 radical (unpaired) electrons. The highest BCUT2D eigenvalue weighted by atomic mass is 35.5. The van der Waals surface area contributed by atoms with Crippen LogP contribution in [0.15, 0.2) is 48.8 Å². The van der Waals surface area contributed by atoms with Gasteiger partial charge in [-0.3, -0.25) is 4.98 Å². The Kier molecular flexibility index (Phi) is 3.02. The molecule has 1 unspecified atom stereocenters. The lowest BCUT2D eigenvalue weighted by molar-refractivity contribution is 1.01. The van der Waals surface area contributed by atoms with Crippen LogP contribution in [-0.2, 0) is 0 Å². The average molecular weight is 217 g/mol. The second kappa shape index (κ2) is 4.45. The van der Waals surface area contributed by atoms with E-state index in [1.54, 1.807) is 12.4 Å². The van der Waals surface area contributed by atoms with Gasteiger partial charge in [0.05, 0.1) is 0 Å². The Morgan fingerprint density at radius 3 is 2.47 bits per heavy atom. The summed E-state index contributed by atoms with van der Waals surface area (Å²) in [5.74, 6) is 0.103. The van der Waals surface area contributed by atoms with Gasteiger partial charge in [-0.15, -0.1) is 0 Å². The number of hydrogen-bond acceptors (Lipinski definition) is 1. The van der Waals surface area contributed by atoms with Crippen LogP contribution in [-0.4, -0.2) is 4.98 Å². The van der Waals surface area contributed by atoms with E-state index in [4.69, 9.17) is 11.6 Å². The van der Waals surface area contributed by atoms with Gasteiger partial charge < -0.3 is 0 Å². The predicted octanol–water partition coefficient (Wildman–Crippen LogP) is 3.70. The number of benzene rings is 1. The molecule has 0 fully saturated rings. The molecule has 1 aromatic heterocycles. The summed E-state index contributed by atoms with van der Waals surface area (Å²) in [6.45, 7) is 4.13. The van der Waals surface area contributed by atoms with Crippen molar-refractivity contribution >= 4 is 11.6 Å². The highest BCUT2D eigenvalue weighted by Gasteiger charge is 2.07. The molecule has 0 aliphatic rings. The van der Waals surface area contributed by atoms with Gasteiger partial charge in [-0.25, -0.2) is 0 Å². The molecule has 2 heteroatoms. The van der Waals surface area contributed by atoms with Gasteiger partial charge in [0.25, 0.3) is 0 Å². The van der Waals surface area contributed by atoms with Gasteiger partial charge in [-0.2, -0.15) is 0 Å². The Bertz CT molecular complexity index is 439. The third-order valence-corrected chi connectivity index (χ3v) is 2.59. The number of pyridine rings is 1. The minimum absolute atomic E-state index is 0.103. The van der Waals surface area contributed by atoms with Crippen LogP contribution in [0.5, 0.6) is 0 Å². The summed E-state index contributed by atoms with van der Waals surface area (Å²) >= 11 is 5.94. The van der Waals surface area contributed by atoms with E-state index < -0.39 is 0 Å². The van der Waals surface area contributed by atoms with Crippen LogP contribution >= 0.6 is 11.6 Å². The first-order valence-electron chi connectivity index (χ1n) is 4.76. The monoisotopic (exact) mass is 216 g/mol. The largest absolute Gasteiger partial charge is 0.265 e. The highest BCUT2D eigenvalue weighted by molar-refractivity contribution is 6.30. The summed E-state index contributed by atoms with van der Waals surface area (Å²) in [5, 5.41) is 0.746.